The lowest BCUT2D eigenvalue weighted by atomic mass is 10.1. The molecular weight excluding hydrogens is 306 g/mol. The molecule has 1 aromatic carbocycles. The first-order valence-corrected chi connectivity index (χ1v) is 7.21. The molecule has 0 aliphatic heterocycles. The molecule has 0 saturated carbocycles. The predicted molar refractivity (Wildman–Crippen MR) is 80.7 cm³/mol. The number of hydrogen-bond acceptors (Lipinski definition) is 2. The third kappa shape index (κ3) is 2.37. The largest absolute Gasteiger partial charge is 0.255 e. The molecule has 0 amide bonds. The number of thiophene rings is 1. The molecule has 0 saturated heterocycles. The van der Waals surface area contributed by atoms with Crippen LogP contribution in [0.5, 0.6) is 0 Å². The van der Waals surface area contributed by atoms with E-state index in [2.05, 4.69) is 51.2 Å². The van der Waals surface area contributed by atoms with Crippen molar-refractivity contribution in [2.75, 3.05) is 0 Å². The van der Waals surface area contributed by atoms with Crippen LogP contribution in [-0.2, 0) is 0 Å². The van der Waals surface area contributed by atoms with E-state index in [1.807, 2.05) is 30.5 Å². The van der Waals surface area contributed by atoms with Crippen molar-refractivity contribution in [2.45, 2.75) is 0 Å². The van der Waals surface area contributed by atoms with Crippen molar-refractivity contribution in [2.24, 2.45) is 0 Å². The summed E-state index contributed by atoms with van der Waals surface area (Å²) in [4.78, 5) is 5.71. The van der Waals surface area contributed by atoms with Crippen LogP contribution < -0.4 is 0 Å². The van der Waals surface area contributed by atoms with Gasteiger partial charge in [0.2, 0.25) is 0 Å². The molecule has 3 heteroatoms. The highest BCUT2D eigenvalue weighted by Gasteiger charge is 2.03. The molecule has 18 heavy (non-hydrogen) atoms. The Morgan fingerprint density at radius 2 is 1.67 bits per heavy atom. The summed E-state index contributed by atoms with van der Waals surface area (Å²) in [5, 5.41) is 0. The van der Waals surface area contributed by atoms with E-state index in [0.29, 0.717) is 0 Å². The molecule has 0 fully saturated rings. The van der Waals surface area contributed by atoms with Crippen molar-refractivity contribution in [3.05, 3.63) is 64.6 Å². The molecule has 2 heterocycles. The molecule has 0 radical (unpaired) electrons. The first kappa shape index (κ1) is 11.6. The fourth-order valence-electron chi connectivity index (χ4n) is 1.79. The molecule has 0 aliphatic rings. The standard InChI is InChI=1S/C15H10BrNS/c16-15-9-8-14(18-15)13-7-6-12(10-17-13)11-4-2-1-3-5-11/h1-10H. The Balaban J connectivity index is 1.94. The van der Waals surface area contributed by atoms with Crippen molar-refractivity contribution >= 4 is 27.3 Å². The minimum Gasteiger partial charge on any atom is -0.255 e. The Hall–Kier alpha value is -1.45. The molecule has 1 nitrogen and oxygen atoms in total. The highest BCUT2D eigenvalue weighted by Crippen LogP contribution is 2.30. The van der Waals surface area contributed by atoms with Crippen LogP contribution in [0.4, 0.5) is 0 Å². The van der Waals surface area contributed by atoms with Gasteiger partial charge in [0, 0.05) is 11.8 Å². The second-order valence-corrected chi connectivity index (χ2v) is 6.36. The zero-order valence-electron chi connectivity index (χ0n) is 9.51. The van der Waals surface area contributed by atoms with E-state index in [1.165, 1.54) is 10.4 Å². The molecule has 0 N–H and O–H groups in total. The van der Waals surface area contributed by atoms with Crippen LogP contribution in [0.1, 0.15) is 0 Å². The number of hydrogen-bond donors (Lipinski definition) is 0. The summed E-state index contributed by atoms with van der Waals surface area (Å²) in [7, 11) is 0. The average molecular weight is 316 g/mol. The van der Waals surface area contributed by atoms with Gasteiger partial charge in [-0.1, -0.05) is 36.4 Å². The lowest BCUT2D eigenvalue weighted by Gasteiger charge is -2.02. The van der Waals surface area contributed by atoms with Crippen LogP contribution in [0.3, 0.4) is 0 Å². The summed E-state index contributed by atoms with van der Waals surface area (Å²) in [5.41, 5.74) is 3.37. The maximum Gasteiger partial charge on any atom is 0.0802 e. The highest BCUT2D eigenvalue weighted by atomic mass is 79.9. The van der Waals surface area contributed by atoms with Crippen LogP contribution in [0.2, 0.25) is 0 Å². The van der Waals surface area contributed by atoms with Crippen molar-refractivity contribution < 1.29 is 0 Å². The minimum absolute atomic E-state index is 1.02. The van der Waals surface area contributed by atoms with Crippen LogP contribution >= 0.6 is 27.3 Å². The van der Waals surface area contributed by atoms with E-state index < -0.39 is 0 Å². The number of benzene rings is 1. The molecule has 0 unspecified atom stereocenters. The van der Waals surface area contributed by atoms with E-state index in [4.69, 9.17) is 0 Å². The summed E-state index contributed by atoms with van der Waals surface area (Å²) < 4.78 is 1.13. The van der Waals surface area contributed by atoms with Crippen LogP contribution in [-0.4, -0.2) is 4.98 Å². The van der Waals surface area contributed by atoms with Gasteiger partial charge in [-0.05, 0) is 39.7 Å². The van der Waals surface area contributed by atoms with Gasteiger partial charge in [-0.3, -0.25) is 4.98 Å². The van der Waals surface area contributed by atoms with Crippen molar-refractivity contribution in [1.82, 2.24) is 4.98 Å². The second kappa shape index (κ2) is 5.04. The lowest BCUT2D eigenvalue weighted by Crippen LogP contribution is -1.82. The zero-order valence-corrected chi connectivity index (χ0v) is 11.9. The summed E-state index contributed by atoms with van der Waals surface area (Å²) in [6.07, 6.45) is 1.93. The van der Waals surface area contributed by atoms with Gasteiger partial charge in [0.25, 0.3) is 0 Å². The Morgan fingerprint density at radius 1 is 0.833 bits per heavy atom. The lowest BCUT2D eigenvalue weighted by molar-refractivity contribution is 1.34. The predicted octanol–water partition coefficient (Wildman–Crippen LogP) is 5.24. The molecule has 0 spiro atoms. The number of nitrogens with zero attached hydrogens (tertiary/aromatic N) is 1. The maximum atomic E-state index is 4.53. The van der Waals surface area contributed by atoms with Gasteiger partial charge in [-0.15, -0.1) is 11.3 Å². The van der Waals surface area contributed by atoms with Gasteiger partial charge < -0.3 is 0 Å². The van der Waals surface area contributed by atoms with E-state index in [9.17, 15) is 0 Å². The minimum atomic E-state index is 1.02. The summed E-state index contributed by atoms with van der Waals surface area (Å²) in [6, 6.07) is 18.6. The third-order valence-corrected chi connectivity index (χ3v) is 4.34. The van der Waals surface area contributed by atoms with Crippen LogP contribution in [0.25, 0.3) is 21.7 Å². The number of pyridine rings is 1. The molecule has 88 valence electrons. The van der Waals surface area contributed by atoms with Gasteiger partial charge in [0.05, 0.1) is 14.4 Å². The monoisotopic (exact) mass is 315 g/mol. The number of aromatic nitrogens is 1. The molecule has 3 rings (SSSR count). The second-order valence-electron chi connectivity index (χ2n) is 3.90. The fraction of sp³-hybridized carbons (Fsp3) is 0. The van der Waals surface area contributed by atoms with Gasteiger partial charge in [0.15, 0.2) is 0 Å². The smallest absolute Gasteiger partial charge is 0.0802 e. The van der Waals surface area contributed by atoms with E-state index in [1.54, 1.807) is 11.3 Å². The Morgan fingerprint density at radius 3 is 2.28 bits per heavy atom. The van der Waals surface area contributed by atoms with Gasteiger partial charge in [-0.25, -0.2) is 0 Å². The van der Waals surface area contributed by atoms with E-state index >= 15 is 0 Å². The first-order valence-electron chi connectivity index (χ1n) is 5.60. The van der Waals surface area contributed by atoms with Crippen molar-refractivity contribution in [3.8, 4) is 21.7 Å². The van der Waals surface area contributed by atoms with Gasteiger partial charge in [0.1, 0.15) is 0 Å². The Bertz CT molecular complexity index is 644. The summed E-state index contributed by atoms with van der Waals surface area (Å²) >= 11 is 5.17. The topological polar surface area (TPSA) is 12.9 Å². The SMILES string of the molecule is Brc1ccc(-c2ccc(-c3ccccc3)cn2)s1. The van der Waals surface area contributed by atoms with Crippen molar-refractivity contribution in [3.63, 3.8) is 0 Å². The normalized spacial score (nSPS) is 10.5. The summed E-state index contributed by atoms with van der Waals surface area (Å²) in [6.45, 7) is 0. The zero-order chi connectivity index (χ0) is 12.4. The van der Waals surface area contributed by atoms with Crippen LogP contribution in [0, 0.1) is 0 Å². The molecule has 2 aromatic heterocycles. The fourth-order valence-corrected chi connectivity index (χ4v) is 3.16. The Kier molecular flexibility index (Phi) is 3.26. The number of halogens is 1. The molecule has 0 aliphatic carbocycles. The van der Waals surface area contributed by atoms with E-state index in [0.717, 1.165) is 15.0 Å². The molecule has 0 bridgehead atoms. The molecular formula is C15H10BrNS. The van der Waals surface area contributed by atoms with Gasteiger partial charge >= 0.3 is 0 Å². The molecule has 0 atom stereocenters. The third-order valence-electron chi connectivity index (χ3n) is 2.70. The quantitative estimate of drug-likeness (QED) is 0.630. The van der Waals surface area contributed by atoms with Gasteiger partial charge in [-0.2, -0.15) is 0 Å². The highest BCUT2D eigenvalue weighted by molar-refractivity contribution is 9.11. The maximum absolute atomic E-state index is 4.53. The first-order chi connectivity index (χ1) is 8.83. The Labute approximate surface area is 118 Å². The number of rotatable bonds is 2. The molecule has 3 aromatic rings. The van der Waals surface area contributed by atoms with Crippen LogP contribution in [0.15, 0.2) is 64.6 Å². The van der Waals surface area contributed by atoms with Crippen molar-refractivity contribution in [1.29, 1.82) is 0 Å². The van der Waals surface area contributed by atoms with E-state index in [-0.39, 0.29) is 0 Å². The average Bonchev–Trinajstić information content (AvgIpc) is 2.87. The summed E-state index contributed by atoms with van der Waals surface area (Å²) in [5.74, 6) is 0.